The second-order valence-corrected chi connectivity index (χ2v) is 14.4. The van der Waals surface area contributed by atoms with Gasteiger partial charge in [0.2, 0.25) is 0 Å². The van der Waals surface area contributed by atoms with Crippen molar-refractivity contribution in [3.63, 3.8) is 0 Å². The van der Waals surface area contributed by atoms with E-state index in [0.29, 0.717) is 24.3 Å². The zero-order valence-electron chi connectivity index (χ0n) is 25.7. The summed E-state index contributed by atoms with van der Waals surface area (Å²) in [6.07, 6.45) is 7.65. The third-order valence-electron chi connectivity index (χ3n) is 12.5. The number of nitrogens with zero attached hydrogens (tertiary/aromatic N) is 1. The molecule has 43 heavy (non-hydrogen) atoms. The number of hydrogen-bond acceptors (Lipinski definition) is 9. The number of carbonyl (C=O) groups is 2. The molecule has 0 radical (unpaired) electrons. The van der Waals surface area contributed by atoms with Gasteiger partial charge in [0.25, 0.3) is 0 Å². The molecule has 0 unspecified atom stereocenters. The average Bonchev–Trinajstić information content (AvgIpc) is 3.69. The quantitative estimate of drug-likeness (QED) is 0.384. The van der Waals surface area contributed by atoms with E-state index in [1.54, 1.807) is 6.26 Å². The van der Waals surface area contributed by atoms with Gasteiger partial charge in [0, 0.05) is 50.5 Å². The van der Waals surface area contributed by atoms with Crippen LogP contribution in [0.15, 0.2) is 27.6 Å². The van der Waals surface area contributed by atoms with E-state index in [1.165, 1.54) is 13.0 Å². The number of rotatable bonds is 6. The minimum Gasteiger partial charge on any atom is -0.459 e. The van der Waals surface area contributed by atoms with Gasteiger partial charge in [-0.05, 0) is 79.7 Å². The molecule has 10 nitrogen and oxygen atoms in total. The Bertz CT molecular complexity index is 1280. The van der Waals surface area contributed by atoms with E-state index < -0.39 is 6.10 Å². The molecule has 236 valence electrons. The number of amides is 1. The van der Waals surface area contributed by atoms with E-state index in [2.05, 4.69) is 24.1 Å². The van der Waals surface area contributed by atoms with Crippen LogP contribution in [0.2, 0.25) is 0 Å². The van der Waals surface area contributed by atoms with E-state index in [-0.39, 0.29) is 52.2 Å². The molecule has 10 heteroatoms. The van der Waals surface area contributed by atoms with Crippen LogP contribution in [-0.2, 0) is 23.7 Å². The number of carbonyl (C=O) groups excluding carboxylic acids is 2. The highest BCUT2D eigenvalue weighted by Gasteiger charge is 2.84. The van der Waals surface area contributed by atoms with Gasteiger partial charge in [0.15, 0.2) is 0 Å². The molecule has 7 rings (SSSR count). The first-order valence-electron chi connectivity index (χ1n) is 16.3. The largest absolute Gasteiger partial charge is 0.459 e. The Morgan fingerprint density at radius 1 is 1.05 bits per heavy atom. The minimum absolute atomic E-state index is 0.0492. The molecule has 6 aliphatic rings. The van der Waals surface area contributed by atoms with Crippen molar-refractivity contribution < 1.29 is 33.0 Å². The predicted molar refractivity (Wildman–Crippen MR) is 155 cm³/mol. The van der Waals surface area contributed by atoms with Gasteiger partial charge in [0.05, 0.1) is 19.5 Å². The second kappa shape index (κ2) is 10.9. The molecule has 1 aromatic heterocycles. The van der Waals surface area contributed by atoms with Gasteiger partial charge in [-0.1, -0.05) is 13.8 Å². The fraction of sp³-hybridized carbons (Fsp3) is 0.788. The summed E-state index contributed by atoms with van der Waals surface area (Å²) in [6.45, 7) is 10.9. The van der Waals surface area contributed by atoms with Crippen molar-refractivity contribution in [3.8, 4) is 0 Å². The van der Waals surface area contributed by atoms with Crippen LogP contribution in [0.5, 0.6) is 0 Å². The molecule has 3 heterocycles. The van der Waals surface area contributed by atoms with Crippen LogP contribution >= 0.6 is 0 Å². The van der Waals surface area contributed by atoms with Gasteiger partial charge in [-0.25, -0.2) is 9.59 Å². The number of nitrogens with one attached hydrogen (secondary N) is 1. The summed E-state index contributed by atoms with van der Waals surface area (Å²) < 4.78 is 29.4. The fourth-order valence-corrected chi connectivity index (χ4v) is 10.5. The normalized spacial score (nSPS) is 43.4. The number of fused-ring (bicyclic) bond motifs is 3. The number of alkyl carbamates (subject to hydrolysis) is 1. The maximum atomic E-state index is 12.6. The molecule has 1 aromatic rings. The van der Waals surface area contributed by atoms with Crippen LogP contribution < -0.4 is 10.9 Å². The predicted octanol–water partition coefficient (Wildman–Crippen LogP) is 3.87. The van der Waals surface area contributed by atoms with Gasteiger partial charge in [-0.3, -0.25) is 9.69 Å². The Labute approximate surface area is 253 Å². The highest BCUT2D eigenvalue weighted by atomic mass is 16.7. The van der Waals surface area contributed by atoms with Crippen molar-refractivity contribution in [2.45, 2.75) is 95.5 Å². The van der Waals surface area contributed by atoms with Crippen molar-refractivity contribution in [2.75, 3.05) is 39.4 Å². The summed E-state index contributed by atoms with van der Waals surface area (Å²) >= 11 is 0. The van der Waals surface area contributed by atoms with Crippen molar-refractivity contribution in [1.82, 2.24) is 10.2 Å². The topological polar surface area (TPSA) is 120 Å². The Morgan fingerprint density at radius 2 is 1.86 bits per heavy atom. The maximum Gasteiger partial charge on any atom is 0.407 e. The smallest absolute Gasteiger partial charge is 0.407 e. The van der Waals surface area contributed by atoms with Gasteiger partial charge in [-0.2, -0.15) is 0 Å². The average molecular weight is 599 g/mol. The zero-order chi connectivity index (χ0) is 30.0. The van der Waals surface area contributed by atoms with Crippen LogP contribution in [0.1, 0.15) is 77.2 Å². The van der Waals surface area contributed by atoms with Gasteiger partial charge in [-0.15, -0.1) is 0 Å². The molecular weight excluding hydrogens is 552 g/mol. The number of esters is 1. The molecule has 1 amide bonds. The Kier molecular flexibility index (Phi) is 7.41. The summed E-state index contributed by atoms with van der Waals surface area (Å²) in [5.41, 5.74) is 0.0894. The standard InChI is InChI=1S/C33H46N2O8/c1-20(36)41-28-27(21-4-7-26(37)40-19-21)32(3)11-9-24-25(33(32)29(28)43-33)6-5-22-18-23(8-10-31(22,24)2)42-30(38)34-12-13-35-14-16-39-17-15-35/h4,7,19,22-25,27-29H,5-6,8-18H2,1-3H3,(H,34,38)/t22-,23+,24+,25-,27+,28-,29-,31+,32-,33-/m1/s1. The lowest BCUT2D eigenvalue weighted by atomic mass is 9.44. The van der Waals surface area contributed by atoms with Gasteiger partial charge < -0.3 is 28.7 Å². The van der Waals surface area contributed by atoms with E-state index in [9.17, 15) is 14.4 Å². The summed E-state index contributed by atoms with van der Waals surface area (Å²) in [5, 5.41) is 2.96. The molecule has 6 fully saturated rings. The summed E-state index contributed by atoms with van der Waals surface area (Å²) in [4.78, 5) is 39.0. The molecule has 4 saturated carbocycles. The number of ether oxygens (including phenoxy) is 4. The molecule has 1 spiro atoms. The Morgan fingerprint density at radius 3 is 2.60 bits per heavy atom. The molecular formula is C33H46N2O8. The second-order valence-electron chi connectivity index (χ2n) is 14.4. The monoisotopic (exact) mass is 598 g/mol. The molecule has 2 saturated heterocycles. The highest BCUT2D eigenvalue weighted by molar-refractivity contribution is 5.67. The van der Waals surface area contributed by atoms with E-state index >= 15 is 0 Å². The lowest BCUT2D eigenvalue weighted by Crippen LogP contribution is -2.58. The maximum absolute atomic E-state index is 12.6. The third-order valence-corrected chi connectivity index (χ3v) is 12.5. The van der Waals surface area contributed by atoms with Crippen LogP contribution in [-0.4, -0.2) is 80.3 Å². The zero-order valence-corrected chi connectivity index (χ0v) is 25.7. The van der Waals surface area contributed by atoms with E-state index in [4.69, 9.17) is 23.4 Å². The summed E-state index contributed by atoms with van der Waals surface area (Å²) in [6, 6.07) is 3.30. The number of hydrogen-bond donors (Lipinski definition) is 1. The first-order chi connectivity index (χ1) is 20.7. The lowest BCUT2D eigenvalue weighted by Gasteiger charge is -2.61. The molecule has 4 aliphatic carbocycles. The third kappa shape index (κ3) is 4.74. The number of epoxide rings is 1. The SMILES string of the molecule is CC(=O)O[C@H]1[C@H]2O[C@]23[C@@H]2CC[C@@H]4C[C@@H](OC(=O)NCCN5CCOCC5)CC[C@]4(C)[C@H]2CC[C@]3(C)[C@H]1c1ccc(=O)oc1. The van der Waals surface area contributed by atoms with Crippen molar-refractivity contribution >= 4 is 12.1 Å². The van der Waals surface area contributed by atoms with Crippen molar-refractivity contribution in [1.29, 1.82) is 0 Å². The molecule has 0 bridgehead atoms. The Hall–Kier alpha value is -2.43. The molecule has 1 N–H and O–H groups in total. The van der Waals surface area contributed by atoms with Crippen LogP contribution in [0.3, 0.4) is 0 Å². The van der Waals surface area contributed by atoms with Gasteiger partial charge >= 0.3 is 17.7 Å². The molecule has 2 aliphatic heterocycles. The lowest BCUT2D eigenvalue weighted by molar-refractivity contribution is -0.158. The first kappa shape index (κ1) is 29.3. The molecule has 10 atom stereocenters. The minimum atomic E-state index is -0.398. The van der Waals surface area contributed by atoms with Crippen molar-refractivity contribution in [2.24, 2.45) is 28.6 Å². The Balaban J connectivity index is 1.03. The molecule has 0 aromatic carbocycles. The van der Waals surface area contributed by atoms with E-state index in [0.717, 1.165) is 83.4 Å². The van der Waals surface area contributed by atoms with E-state index in [1.807, 2.05) is 6.07 Å². The fourth-order valence-electron chi connectivity index (χ4n) is 10.5. The highest BCUT2D eigenvalue weighted by Crippen LogP contribution is 2.78. The summed E-state index contributed by atoms with van der Waals surface area (Å²) in [7, 11) is 0. The van der Waals surface area contributed by atoms with Crippen LogP contribution in [0.25, 0.3) is 0 Å². The van der Waals surface area contributed by atoms with Gasteiger partial charge in [0.1, 0.15) is 23.9 Å². The first-order valence-corrected chi connectivity index (χ1v) is 16.3. The summed E-state index contributed by atoms with van der Waals surface area (Å²) in [5.74, 6) is 0.972. The van der Waals surface area contributed by atoms with Crippen LogP contribution in [0.4, 0.5) is 4.79 Å². The van der Waals surface area contributed by atoms with Crippen LogP contribution in [0, 0.1) is 28.6 Å². The number of morpholine rings is 1. The van der Waals surface area contributed by atoms with Crippen molar-refractivity contribution in [3.05, 3.63) is 34.4 Å².